The van der Waals surface area contributed by atoms with E-state index in [2.05, 4.69) is 21.2 Å². The first-order valence-electron chi connectivity index (χ1n) is 6.33. The lowest BCUT2D eigenvalue weighted by molar-refractivity contribution is 0.0105. The summed E-state index contributed by atoms with van der Waals surface area (Å²) >= 11 is 3.40. The number of ether oxygens (including phenoxy) is 1. The smallest absolute Gasteiger partial charge is 0.410 e. The van der Waals surface area contributed by atoms with Crippen LogP contribution in [0.4, 0.5) is 10.5 Å². The number of halogens is 1. The van der Waals surface area contributed by atoms with Gasteiger partial charge in [-0.25, -0.2) is 4.79 Å². The van der Waals surface area contributed by atoms with Gasteiger partial charge in [-0.15, -0.1) is 0 Å². The second-order valence-electron chi connectivity index (χ2n) is 5.73. The van der Waals surface area contributed by atoms with Crippen LogP contribution in [0.15, 0.2) is 28.7 Å². The van der Waals surface area contributed by atoms with E-state index in [1.807, 2.05) is 45.0 Å². The topological polar surface area (TPSA) is 41.6 Å². The van der Waals surface area contributed by atoms with Gasteiger partial charge in [0.15, 0.2) is 0 Å². The Balaban J connectivity index is 1.77. The Bertz CT molecular complexity index is 448. The quantitative estimate of drug-likeness (QED) is 0.904. The van der Waals surface area contributed by atoms with Crippen LogP contribution in [-0.2, 0) is 4.74 Å². The summed E-state index contributed by atoms with van der Waals surface area (Å²) in [5, 5.41) is 3.38. The molecule has 0 aliphatic carbocycles. The fourth-order valence-electron chi connectivity index (χ4n) is 1.83. The molecular formula is C14H19BrN2O2. The zero-order chi connectivity index (χ0) is 14.0. The standard InChI is InChI=1S/C14H19BrN2O2/c1-14(2,3)19-13(18)17-8-12(9-17)16-11-6-4-10(15)5-7-11/h4-7,12,16H,8-9H2,1-3H3. The Morgan fingerprint density at radius 1 is 1.32 bits per heavy atom. The first-order chi connectivity index (χ1) is 8.83. The Labute approximate surface area is 122 Å². The van der Waals surface area contributed by atoms with E-state index in [0.717, 1.165) is 10.2 Å². The highest BCUT2D eigenvalue weighted by Gasteiger charge is 2.33. The fraction of sp³-hybridized carbons (Fsp3) is 0.500. The van der Waals surface area contributed by atoms with E-state index in [4.69, 9.17) is 4.74 Å². The van der Waals surface area contributed by atoms with Gasteiger partial charge in [0.2, 0.25) is 0 Å². The Morgan fingerprint density at radius 2 is 1.89 bits per heavy atom. The number of likely N-dealkylation sites (tertiary alicyclic amines) is 1. The summed E-state index contributed by atoms with van der Waals surface area (Å²) in [7, 11) is 0. The molecule has 4 nitrogen and oxygen atoms in total. The summed E-state index contributed by atoms with van der Waals surface area (Å²) < 4.78 is 6.37. The van der Waals surface area contributed by atoms with E-state index in [9.17, 15) is 4.79 Å². The number of nitrogens with one attached hydrogen (secondary N) is 1. The number of rotatable bonds is 2. The molecule has 1 N–H and O–H groups in total. The lowest BCUT2D eigenvalue weighted by Gasteiger charge is -2.40. The van der Waals surface area contributed by atoms with E-state index < -0.39 is 5.60 Å². The van der Waals surface area contributed by atoms with Crippen LogP contribution in [0.25, 0.3) is 0 Å². The third kappa shape index (κ3) is 4.13. The molecule has 0 radical (unpaired) electrons. The molecule has 2 rings (SSSR count). The molecule has 1 aromatic carbocycles. The Kier molecular flexibility index (Phi) is 4.04. The lowest BCUT2D eigenvalue weighted by atomic mass is 10.1. The first kappa shape index (κ1) is 14.2. The maximum atomic E-state index is 11.8. The van der Waals surface area contributed by atoms with Crippen molar-refractivity contribution in [2.45, 2.75) is 32.4 Å². The van der Waals surface area contributed by atoms with Gasteiger partial charge in [0, 0.05) is 23.2 Å². The number of carbonyl (C=O) groups excluding carboxylic acids is 1. The molecular weight excluding hydrogens is 308 g/mol. The molecule has 0 spiro atoms. The third-order valence-electron chi connectivity index (χ3n) is 2.75. The monoisotopic (exact) mass is 326 g/mol. The van der Waals surface area contributed by atoms with Crippen molar-refractivity contribution in [2.75, 3.05) is 18.4 Å². The number of nitrogens with zero attached hydrogens (tertiary/aromatic N) is 1. The van der Waals surface area contributed by atoms with Crippen LogP contribution >= 0.6 is 15.9 Å². The molecule has 0 saturated carbocycles. The van der Waals surface area contributed by atoms with Gasteiger partial charge in [-0.05, 0) is 45.0 Å². The zero-order valence-electron chi connectivity index (χ0n) is 11.4. The molecule has 1 saturated heterocycles. The van der Waals surface area contributed by atoms with E-state index in [1.54, 1.807) is 4.90 Å². The maximum absolute atomic E-state index is 11.8. The fourth-order valence-corrected chi connectivity index (χ4v) is 2.09. The van der Waals surface area contributed by atoms with E-state index in [0.29, 0.717) is 19.1 Å². The number of benzene rings is 1. The van der Waals surface area contributed by atoms with Crippen LogP contribution in [-0.4, -0.2) is 35.7 Å². The summed E-state index contributed by atoms with van der Waals surface area (Å²) in [5.74, 6) is 0. The van der Waals surface area contributed by atoms with Gasteiger partial charge in [-0.2, -0.15) is 0 Å². The second-order valence-corrected chi connectivity index (χ2v) is 6.65. The van der Waals surface area contributed by atoms with Crippen LogP contribution in [0, 0.1) is 0 Å². The summed E-state index contributed by atoms with van der Waals surface area (Å²) in [5.41, 5.74) is 0.637. The summed E-state index contributed by atoms with van der Waals surface area (Å²) in [6.45, 7) is 7.00. The van der Waals surface area contributed by atoms with Gasteiger partial charge in [0.1, 0.15) is 5.60 Å². The van der Waals surface area contributed by atoms with Crippen molar-refractivity contribution in [2.24, 2.45) is 0 Å². The highest BCUT2D eigenvalue weighted by atomic mass is 79.9. The maximum Gasteiger partial charge on any atom is 0.410 e. The normalized spacial score (nSPS) is 15.9. The third-order valence-corrected chi connectivity index (χ3v) is 3.28. The van der Waals surface area contributed by atoms with Gasteiger partial charge in [-0.3, -0.25) is 0 Å². The van der Waals surface area contributed by atoms with Gasteiger partial charge in [0.25, 0.3) is 0 Å². The molecule has 1 fully saturated rings. The molecule has 1 aliphatic rings. The number of anilines is 1. The molecule has 1 heterocycles. The predicted molar refractivity (Wildman–Crippen MR) is 79.4 cm³/mol. The number of amides is 1. The summed E-state index contributed by atoms with van der Waals surface area (Å²) in [6, 6.07) is 8.31. The predicted octanol–water partition coefficient (Wildman–Crippen LogP) is 3.48. The van der Waals surface area contributed by atoms with Crippen molar-refractivity contribution in [1.29, 1.82) is 0 Å². The van der Waals surface area contributed by atoms with Crippen LogP contribution in [0.5, 0.6) is 0 Å². The van der Waals surface area contributed by atoms with Crippen molar-refractivity contribution in [3.63, 3.8) is 0 Å². The van der Waals surface area contributed by atoms with Crippen molar-refractivity contribution >= 4 is 27.7 Å². The minimum absolute atomic E-state index is 0.235. The van der Waals surface area contributed by atoms with E-state index in [1.165, 1.54) is 0 Å². The Morgan fingerprint density at radius 3 is 2.42 bits per heavy atom. The minimum Gasteiger partial charge on any atom is -0.444 e. The van der Waals surface area contributed by atoms with Gasteiger partial charge >= 0.3 is 6.09 Å². The van der Waals surface area contributed by atoms with Gasteiger partial charge < -0.3 is 15.0 Å². The average molecular weight is 327 g/mol. The van der Waals surface area contributed by atoms with E-state index >= 15 is 0 Å². The highest BCUT2D eigenvalue weighted by molar-refractivity contribution is 9.10. The molecule has 19 heavy (non-hydrogen) atoms. The number of hydrogen-bond acceptors (Lipinski definition) is 3. The molecule has 104 valence electrons. The van der Waals surface area contributed by atoms with Crippen LogP contribution in [0.3, 0.4) is 0 Å². The van der Waals surface area contributed by atoms with Crippen molar-refractivity contribution < 1.29 is 9.53 Å². The first-order valence-corrected chi connectivity index (χ1v) is 7.13. The average Bonchev–Trinajstić information content (AvgIpc) is 2.22. The van der Waals surface area contributed by atoms with Crippen molar-refractivity contribution in [1.82, 2.24) is 4.90 Å². The Hall–Kier alpha value is -1.23. The van der Waals surface area contributed by atoms with Crippen LogP contribution in [0.1, 0.15) is 20.8 Å². The molecule has 1 aliphatic heterocycles. The van der Waals surface area contributed by atoms with Crippen molar-refractivity contribution in [3.05, 3.63) is 28.7 Å². The molecule has 1 aromatic rings. The lowest BCUT2D eigenvalue weighted by Crippen LogP contribution is -2.57. The van der Waals surface area contributed by atoms with Crippen molar-refractivity contribution in [3.8, 4) is 0 Å². The number of carbonyl (C=O) groups is 1. The SMILES string of the molecule is CC(C)(C)OC(=O)N1CC(Nc2ccc(Br)cc2)C1. The summed E-state index contributed by atoms with van der Waals surface area (Å²) in [6.07, 6.45) is -0.235. The van der Waals surface area contributed by atoms with Gasteiger partial charge in [-0.1, -0.05) is 15.9 Å². The zero-order valence-corrected chi connectivity index (χ0v) is 13.0. The second kappa shape index (κ2) is 5.41. The van der Waals surface area contributed by atoms with E-state index in [-0.39, 0.29) is 6.09 Å². The van der Waals surface area contributed by atoms with Crippen LogP contribution in [0.2, 0.25) is 0 Å². The summed E-state index contributed by atoms with van der Waals surface area (Å²) in [4.78, 5) is 13.5. The minimum atomic E-state index is -0.429. The largest absolute Gasteiger partial charge is 0.444 e. The van der Waals surface area contributed by atoms with Crippen LogP contribution < -0.4 is 5.32 Å². The highest BCUT2D eigenvalue weighted by Crippen LogP contribution is 2.20. The number of hydrogen-bond donors (Lipinski definition) is 1. The molecule has 0 atom stereocenters. The van der Waals surface area contributed by atoms with Gasteiger partial charge in [0.05, 0.1) is 6.04 Å². The molecule has 1 amide bonds. The molecule has 5 heteroatoms. The molecule has 0 aromatic heterocycles. The molecule has 0 unspecified atom stereocenters. The molecule has 0 bridgehead atoms.